The van der Waals surface area contributed by atoms with E-state index in [4.69, 9.17) is 0 Å². The van der Waals surface area contributed by atoms with Gasteiger partial charge in [-0.05, 0) is 44.0 Å². The van der Waals surface area contributed by atoms with Gasteiger partial charge in [0, 0.05) is 27.8 Å². The van der Waals surface area contributed by atoms with E-state index in [0.717, 1.165) is 8.95 Å². The summed E-state index contributed by atoms with van der Waals surface area (Å²) in [6.45, 7) is 0.198. The normalized spacial score (nSPS) is 20.1. The molecule has 1 atom stereocenters. The van der Waals surface area contributed by atoms with Crippen LogP contribution >= 0.6 is 31.9 Å². The van der Waals surface area contributed by atoms with Gasteiger partial charge in [0.2, 0.25) is 5.91 Å². The van der Waals surface area contributed by atoms with Crippen LogP contribution in [0.15, 0.2) is 27.1 Å². The lowest BCUT2D eigenvalue weighted by atomic mass is 10.1. The Morgan fingerprint density at radius 2 is 1.89 bits per heavy atom. The first-order chi connectivity index (χ1) is 8.78. The van der Waals surface area contributed by atoms with Crippen LogP contribution < -0.4 is 4.90 Å². The summed E-state index contributed by atoms with van der Waals surface area (Å²) in [6.07, 6.45) is 0.0386. The first-order valence-corrected chi connectivity index (χ1v) is 8.58. The minimum atomic E-state index is -4.56. The Bertz CT molecular complexity index is 600. The van der Waals surface area contributed by atoms with E-state index in [1.165, 1.54) is 4.90 Å². The van der Waals surface area contributed by atoms with E-state index in [1.807, 2.05) is 6.07 Å². The maximum absolute atomic E-state index is 12.7. The zero-order chi connectivity index (χ0) is 14.2. The van der Waals surface area contributed by atoms with E-state index in [2.05, 4.69) is 31.9 Å². The zero-order valence-electron chi connectivity index (χ0n) is 9.64. The van der Waals surface area contributed by atoms with Gasteiger partial charge in [0.25, 0.3) is 0 Å². The molecule has 104 valence electrons. The molecule has 1 aromatic carbocycles. The number of anilines is 1. The molecule has 8 heteroatoms. The number of hydrogen-bond acceptors (Lipinski definition) is 3. The van der Waals surface area contributed by atoms with Gasteiger partial charge in [-0.2, -0.15) is 8.42 Å². The van der Waals surface area contributed by atoms with E-state index in [-0.39, 0.29) is 18.9 Å². The van der Waals surface area contributed by atoms with Crippen LogP contribution in [0.25, 0.3) is 0 Å². The molecule has 1 aliphatic rings. The molecule has 0 N–H and O–H groups in total. The number of halogens is 3. The summed E-state index contributed by atoms with van der Waals surface area (Å²) in [5, 5.41) is 0. The third kappa shape index (κ3) is 3.55. The molecule has 1 unspecified atom stereocenters. The van der Waals surface area contributed by atoms with Gasteiger partial charge < -0.3 is 4.90 Å². The van der Waals surface area contributed by atoms with Crippen molar-refractivity contribution in [2.24, 2.45) is 5.92 Å². The Morgan fingerprint density at radius 3 is 2.42 bits per heavy atom. The average molecular weight is 415 g/mol. The predicted molar refractivity (Wildman–Crippen MR) is 77.2 cm³/mol. The molecular weight excluding hydrogens is 405 g/mol. The summed E-state index contributed by atoms with van der Waals surface area (Å²) in [6, 6.07) is 5.38. The van der Waals surface area contributed by atoms with Crippen LogP contribution in [0, 0.1) is 5.92 Å². The third-order valence-corrected chi connectivity index (χ3v) is 5.00. The summed E-state index contributed by atoms with van der Waals surface area (Å²) < 4.78 is 35.4. The van der Waals surface area contributed by atoms with E-state index >= 15 is 0 Å². The number of rotatable bonds is 3. The van der Waals surface area contributed by atoms with Gasteiger partial charge in [-0.15, -0.1) is 3.89 Å². The van der Waals surface area contributed by atoms with E-state index in [0.29, 0.717) is 5.69 Å². The molecule has 1 heterocycles. The quantitative estimate of drug-likeness (QED) is 0.714. The molecule has 1 aromatic rings. The second kappa shape index (κ2) is 5.49. The third-order valence-electron chi connectivity index (χ3n) is 2.85. The number of para-hydroxylation sites is 1. The summed E-state index contributed by atoms with van der Waals surface area (Å²) in [7, 11) is -4.56. The van der Waals surface area contributed by atoms with Gasteiger partial charge in [-0.1, -0.05) is 6.07 Å². The van der Waals surface area contributed by atoms with Crippen LogP contribution in [0.4, 0.5) is 9.57 Å². The van der Waals surface area contributed by atoms with Crippen molar-refractivity contribution >= 4 is 53.7 Å². The summed E-state index contributed by atoms with van der Waals surface area (Å²) in [5.74, 6) is -1.33. The average Bonchev–Trinajstić information content (AvgIpc) is 2.56. The van der Waals surface area contributed by atoms with Crippen molar-refractivity contribution in [2.75, 3.05) is 17.2 Å². The molecule has 1 saturated heterocycles. The number of hydrogen-bond donors (Lipinski definition) is 0. The second-order valence-corrected chi connectivity index (χ2v) is 7.47. The van der Waals surface area contributed by atoms with Gasteiger partial charge in [0.1, 0.15) is 0 Å². The molecule has 1 fully saturated rings. The van der Waals surface area contributed by atoms with Crippen LogP contribution in [0.1, 0.15) is 6.42 Å². The van der Waals surface area contributed by atoms with Crippen molar-refractivity contribution < 1.29 is 17.1 Å². The van der Waals surface area contributed by atoms with Gasteiger partial charge >= 0.3 is 10.2 Å². The fourth-order valence-corrected chi connectivity index (χ4v) is 4.35. The van der Waals surface area contributed by atoms with Crippen molar-refractivity contribution in [3.63, 3.8) is 0 Å². The number of nitrogens with zero attached hydrogens (tertiary/aromatic N) is 1. The standard InChI is InChI=1S/C11H10Br2FNO3S/c12-8-2-1-3-9(13)11(8)15-5-7(4-10(15)16)6-19(14,17)18/h1-3,7H,4-6H2. The molecule has 0 saturated carbocycles. The molecule has 4 nitrogen and oxygen atoms in total. The highest BCUT2D eigenvalue weighted by molar-refractivity contribution is 9.11. The van der Waals surface area contributed by atoms with Gasteiger partial charge in [0.15, 0.2) is 0 Å². The van der Waals surface area contributed by atoms with Gasteiger partial charge in [0.05, 0.1) is 11.4 Å². The molecule has 1 aliphatic heterocycles. The van der Waals surface area contributed by atoms with Crippen LogP contribution in [0.2, 0.25) is 0 Å². The van der Waals surface area contributed by atoms with E-state index in [1.54, 1.807) is 12.1 Å². The minimum Gasteiger partial charge on any atom is -0.310 e. The summed E-state index contributed by atoms with van der Waals surface area (Å²) >= 11 is 6.70. The Morgan fingerprint density at radius 1 is 1.32 bits per heavy atom. The van der Waals surface area contributed by atoms with Gasteiger partial charge in [-0.25, -0.2) is 0 Å². The van der Waals surface area contributed by atoms with Crippen molar-refractivity contribution in [3.05, 3.63) is 27.1 Å². The molecule has 19 heavy (non-hydrogen) atoms. The largest absolute Gasteiger partial charge is 0.310 e. The smallest absolute Gasteiger partial charge is 0.302 e. The van der Waals surface area contributed by atoms with E-state index < -0.39 is 21.9 Å². The summed E-state index contributed by atoms with van der Waals surface area (Å²) in [4.78, 5) is 13.4. The SMILES string of the molecule is O=C1CC(CS(=O)(=O)F)CN1c1c(Br)cccc1Br. The topological polar surface area (TPSA) is 54.5 Å². The molecule has 2 rings (SSSR count). The molecule has 0 bridgehead atoms. The molecule has 1 amide bonds. The molecule has 0 spiro atoms. The highest BCUT2D eigenvalue weighted by Gasteiger charge is 2.35. The van der Waals surface area contributed by atoms with Crippen molar-refractivity contribution in [1.82, 2.24) is 0 Å². The molecular formula is C11H10Br2FNO3S. The van der Waals surface area contributed by atoms with Crippen molar-refractivity contribution in [2.45, 2.75) is 6.42 Å². The first kappa shape index (κ1) is 14.9. The first-order valence-electron chi connectivity index (χ1n) is 5.44. The highest BCUT2D eigenvalue weighted by Crippen LogP contribution is 2.37. The van der Waals surface area contributed by atoms with Crippen LogP contribution in [-0.2, 0) is 15.0 Å². The van der Waals surface area contributed by atoms with Gasteiger partial charge in [-0.3, -0.25) is 4.79 Å². The van der Waals surface area contributed by atoms with Crippen LogP contribution in [-0.4, -0.2) is 26.6 Å². The Kier molecular flexibility index (Phi) is 4.32. The van der Waals surface area contributed by atoms with Crippen LogP contribution in [0.5, 0.6) is 0 Å². The maximum atomic E-state index is 12.7. The fourth-order valence-electron chi connectivity index (χ4n) is 2.14. The van der Waals surface area contributed by atoms with E-state index in [9.17, 15) is 17.1 Å². The predicted octanol–water partition coefficient (Wildman–Crippen LogP) is 2.86. The molecule has 0 aliphatic carbocycles. The molecule has 0 aromatic heterocycles. The fraction of sp³-hybridized carbons (Fsp3) is 0.364. The number of amides is 1. The Labute approximate surface area is 127 Å². The lowest BCUT2D eigenvalue weighted by Crippen LogP contribution is -2.26. The molecule has 0 radical (unpaired) electrons. The second-order valence-electron chi connectivity index (χ2n) is 4.35. The highest BCUT2D eigenvalue weighted by atomic mass is 79.9. The zero-order valence-corrected chi connectivity index (χ0v) is 13.6. The maximum Gasteiger partial charge on any atom is 0.302 e. The van der Waals surface area contributed by atoms with Crippen molar-refractivity contribution in [3.8, 4) is 0 Å². The van der Waals surface area contributed by atoms with Crippen LogP contribution in [0.3, 0.4) is 0 Å². The Hall–Kier alpha value is -0.470. The lowest BCUT2D eigenvalue weighted by molar-refractivity contribution is -0.117. The van der Waals surface area contributed by atoms with Crippen molar-refractivity contribution in [1.29, 1.82) is 0 Å². The number of carbonyl (C=O) groups excluding carboxylic acids is 1. The monoisotopic (exact) mass is 413 g/mol. The summed E-state index contributed by atoms with van der Waals surface area (Å²) in [5.41, 5.74) is 0.645. The number of carbonyl (C=O) groups is 1. The Balaban J connectivity index is 2.26. The number of benzene rings is 1. The minimum absolute atomic E-state index is 0.0386. The lowest BCUT2D eigenvalue weighted by Gasteiger charge is -2.19.